The van der Waals surface area contributed by atoms with Gasteiger partial charge in [0.2, 0.25) is 0 Å². The molecule has 0 bridgehead atoms. The lowest BCUT2D eigenvalue weighted by Crippen LogP contribution is -2.26. The van der Waals surface area contributed by atoms with Crippen molar-refractivity contribution in [2.45, 2.75) is 174 Å². The van der Waals surface area contributed by atoms with Gasteiger partial charge in [0.15, 0.2) is 0 Å². The van der Waals surface area contributed by atoms with Crippen LogP contribution in [0.1, 0.15) is 186 Å². The third-order valence-electron chi connectivity index (χ3n) is 13.4. The van der Waals surface area contributed by atoms with Crippen LogP contribution < -0.4 is 0 Å². The average Bonchev–Trinajstić information content (AvgIpc) is 3.44. The minimum absolute atomic E-state index is 0.00385. The molecule has 0 nitrogen and oxygen atoms in total. The third kappa shape index (κ3) is 6.68. The van der Waals surface area contributed by atoms with Crippen molar-refractivity contribution >= 4 is 0 Å². The Labute approximate surface area is 312 Å². The molecule has 2 aliphatic carbocycles. The zero-order valence-electron chi connectivity index (χ0n) is 34.9. The fourth-order valence-corrected chi connectivity index (χ4v) is 9.22. The van der Waals surface area contributed by atoms with E-state index >= 15 is 0 Å². The van der Waals surface area contributed by atoms with Crippen LogP contribution in [0.3, 0.4) is 0 Å². The SMILES string of the molecule is CCCCCCC1(C)c2cc(C(C)(C)C)ccc2-c2ccc(C(C)(C)CCC(C)(C)c3ccc4c(c3)C(C)(C)c3cc(C(C)(C)C)ccc3-4)cc21. The van der Waals surface area contributed by atoms with Crippen molar-refractivity contribution < 1.29 is 0 Å². The largest absolute Gasteiger partial charge is 0.0654 e. The van der Waals surface area contributed by atoms with Crippen LogP contribution >= 0.6 is 0 Å². The number of benzene rings is 4. The van der Waals surface area contributed by atoms with Crippen LogP contribution in [0.15, 0.2) is 72.8 Å². The van der Waals surface area contributed by atoms with Crippen LogP contribution in [0, 0.1) is 0 Å². The molecule has 0 radical (unpaired) electrons. The van der Waals surface area contributed by atoms with Crippen molar-refractivity contribution in [1.29, 1.82) is 0 Å². The normalized spacial score (nSPS) is 18.0. The Morgan fingerprint density at radius 3 is 1.20 bits per heavy atom. The Balaban J connectivity index is 1.27. The lowest BCUT2D eigenvalue weighted by Gasteiger charge is -2.34. The molecule has 51 heavy (non-hydrogen) atoms. The smallest absolute Gasteiger partial charge is 0.0187 e. The van der Waals surface area contributed by atoms with Crippen LogP contribution in [0.25, 0.3) is 22.3 Å². The summed E-state index contributed by atoms with van der Waals surface area (Å²) in [7, 11) is 0. The molecule has 0 saturated carbocycles. The minimum atomic E-state index is -0.00385. The summed E-state index contributed by atoms with van der Waals surface area (Å²) in [6.45, 7) is 33.7. The highest BCUT2D eigenvalue weighted by atomic mass is 14.4. The lowest BCUT2D eigenvalue weighted by atomic mass is 9.70. The van der Waals surface area contributed by atoms with E-state index in [1.807, 2.05) is 0 Å². The molecule has 272 valence electrons. The van der Waals surface area contributed by atoms with Gasteiger partial charge in [-0.1, -0.05) is 195 Å². The zero-order chi connectivity index (χ0) is 37.4. The van der Waals surface area contributed by atoms with Gasteiger partial charge in [0, 0.05) is 10.8 Å². The Hall–Kier alpha value is -3.12. The molecular weight excluding hydrogens is 613 g/mol. The molecule has 0 aromatic heterocycles. The predicted molar refractivity (Wildman–Crippen MR) is 224 cm³/mol. The Bertz CT molecular complexity index is 1930. The molecular formula is C51H68. The van der Waals surface area contributed by atoms with E-state index < -0.39 is 0 Å². The fraction of sp³-hybridized carbons (Fsp3) is 0.529. The number of hydrogen-bond acceptors (Lipinski definition) is 0. The molecule has 0 spiro atoms. The van der Waals surface area contributed by atoms with Gasteiger partial charge < -0.3 is 0 Å². The average molecular weight is 681 g/mol. The van der Waals surface area contributed by atoms with Gasteiger partial charge in [-0.3, -0.25) is 0 Å². The first-order valence-corrected chi connectivity index (χ1v) is 20.2. The second kappa shape index (κ2) is 12.8. The summed E-state index contributed by atoms with van der Waals surface area (Å²) in [5.41, 5.74) is 18.1. The number of rotatable bonds is 10. The maximum absolute atomic E-state index is 2.62. The Kier molecular flexibility index (Phi) is 9.43. The molecule has 2 aliphatic rings. The summed E-state index contributed by atoms with van der Waals surface area (Å²) < 4.78 is 0. The zero-order valence-corrected chi connectivity index (χ0v) is 34.9. The Morgan fingerprint density at radius 1 is 0.431 bits per heavy atom. The van der Waals surface area contributed by atoms with E-state index in [1.54, 1.807) is 11.1 Å². The summed E-state index contributed by atoms with van der Waals surface area (Å²) in [6, 6.07) is 29.5. The van der Waals surface area contributed by atoms with Crippen molar-refractivity contribution in [3.05, 3.63) is 117 Å². The first-order chi connectivity index (χ1) is 23.6. The molecule has 0 saturated heterocycles. The molecule has 4 aromatic rings. The molecule has 0 heterocycles. The summed E-state index contributed by atoms with van der Waals surface area (Å²) in [6.07, 6.45) is 8.71. The van der Waals surface area contributed by atoms with Gasteiger partial charge in [0.05, 0.1) is 0 Å². The highest BCUT2D eigenvalue weighted by molar-refractivity contribution is 5.83. The van der Waals surface area contributed by atoms with Crippen LogP contribution in [-0.4, -0.2) is 0 Å². The molecule has 0 aliphatic heterocycles. The third-order valence-corrected chi connectivity index (χ3v) is 13.4. The quantitative estimate of drug-likeness (QED) is 0.146. The molecule has 0 heteroatoms. The summed E-state index contributed by atoms with van der Waals surface area (Å²) in [4.78, 5) is 0. The molecule has 0 N–H and O–H groups in total. The van der Waals surface area contributed by atoms with Crippen molar-refractivity contribution in [3.8, 4) is 22.3 Å². The second-order valence-corrected chi connectivity index (χ2v) is 20.6. The van der Waals surface area contributed by atoms with Crippen molar-refractivity contribution in [1.82, 2.24) is 0 Å². The van der Waals surface area contributed by atoms with Gasteiger partial charge in [0.25, 0.3) is 0 Å². The number of unbranched alkanes of at least 4 members (excludes halogenated alkanes) is 3. The van der Waals surface area contributed by atoms with E-state index in [-0.39, 0.29) is 32.5 Å². The predicted octanol–water partition coefficient (Wildman–Crippen LogP) is 14.9. The molecule has 6 rings (SSSR count). The molecule has 0 amide bonds. The first-order valence-electron chi connectivity index (χ1n) is 20.2. The second-order valence-electron chi connectivity index (χ2n) is 20.6. The summed E-state index contributed by atoms with van der Waals surface area (Å²) >= 11 is 0. The van der Waals surface area contributed by atoms with Crippen molar-refractivity contribution in [2.75, 3.05) is 0 Å². The van der Waals surface area contributed by atoms with Gasteiger partial charge >= 0.3 is 0 Å². The maximum Gasteiger partial charge on any atom is 0.0187 e. The van der Waals surface area contributed by atoms with Crippen LogP contribution in [0.4, 0.5) is 0 Å². The van der Waals surface area contributed by atoms with E-state index in [9.17, 15) is 0 Å². The molecule has 1 unspecified atom stereocenters. The lowest BCUT2D eigenvalue weighted by molar-refractivity contribution is 0.374. The maximum atomic E-state index is 2.62. The first kappa shape index (κ1) is 37.6. The van der Waals surface area contributed by atoms with Gasteiger partial charge in [0.1, 0.15) is 0 Å². The van der Waals surface area contributed by atoms with Gasteiger partial charge in [-0.15, -0.1) is 0 Å². The fourth-order valence-electron chi connectivity index (χ4n) is 9.22. The van der Waals surface area contributed by atoms with Gasteiger partial charge in [-0.25, -0.2) is 0 Å². The van der Waals surface area contributed by atoms with Gasteiger partial charge in [-0.05, 0) is 108 Å². The van der Waals surface area contributed by atoms with Crippen molar-refractivity contribution in [3.63, 3.8) is 0 Å². The van der Waals surface area contributed by atoms with E-state index in [2.05, 4.69) is 170 Å². The standard InChI is InChI=1S/C51H68/c1-15-16-17-18-27-51(14)44-31-35(47(5,6)7)20-24-40(44)41-26-22-37(33-45(41)51)49(10,11)29-28-48(8,9)36-21-25-39-38-23-19-34(46(2,3)4)30-42(38)50(12,13)43(39)32-36/h19-26,30-33H,15-18,27-29H2,1-14H3. The van der Waals surface area contributed by atoms with Crippen LogP contribution in [0.2, 0.25) is 0 Å². The molecule has 0 fully saturated rings. The van der Waals surface area contributed by atoms with Crippen LogP contribution in [0.5, 0.6) is 0 Å². The molecule has 4 aromatic carbocycles. The summed E-state index contributed by atoms with van der Waals surface area (Å²) in [5, 5.41) is 0. The number of hydrogen-bond donors (Lipinski definition) is 0. The van der Waals surface area contributed by atoms with Crippen LogP contribution in [-0.2, 0) is 32.5 Å². The van der Waals surface area contributed by atoms with Crippen molar-refractivity contribution in [2.24, 2.45) is 0 Å². The highest BCUT2D eigenvalue weighted by Gasteiger charge is 2.41. The number of fused-ring (bicyclic) bond motifs is 6. The molecule has 1 atom stereocenters. The monoisotopic (exact) mass is 681 g/mol. The minimum Gasteiger partial charge on any atom is -0.0654 e. The highest BCUT2D eigenvalue weighted by Crippen LogP contribution is 2.54. The van der Waals surface area contributed by atoms with E-state index in [0.29, 0.717) is 0 Å². The van der Waals surface area contributed by atoms with Gasteiger partial charge in [-0.2, -0.15) is 0 Å². The van der Waals surface area contributed by atoms with E-state index in [4.69, 9.17) is 0 Å². The topological polar surface area (TPSA) is 0 Å². The summed E-state index contributed by atoms with van der Waals surface area (Å²) in [5.74, 6) is 0. The Morgan fingerprint density at radius 2 is 0.784 bits per heavy atom. The van der Waals surface area contributed by atoms with E-state index in [0.717, 1.165) is 12.8 Å². The van der Waals surface area contributed by atoms with E-state index in [1.165, 1.54) is 87.7 Å².